The second-order valence-electron chi connectivity index (χ2n) is 10.6. The molecule has 6 rings (SSSR count). The van der Waals surface area contributed by atoms with Crippen LogP contribution in [0.3, 0.4) is 0 Å². The molecule has 0 spiro atoms. The van der Waals surface area contributed by atoms with E-state index in [0.717, 1.165) is 24.0 Å². The van der Waals surface area contributed by atoms with Gasteiger partial charge in [0, 0.05) is 29.9 Å². The lowest BCUT2D eigenvalue weighted by molar-refractivity contribution is 0.0698. The van der Waals surface area contributed by atoms with Crippen molar-refractivity contribution in [2.75, 3.05) is 10.2 Å². The molecule has 3 aromatic carbocycles. The molecule has 2 N–H and O–H groups in total. The number of hydrogen-bond acceptors (Lipinski definition) is 5. The molecule has 0 amide bonds. The average Bonchev–Trinajstić information content (AvgIpc) is 3.46. The fraction of sp³-hybridized carbons (Fsp3) is 0.300. The zero-order valence-electron chi connectivity index (χ0n) is 21.3. The van der Waals surface area contributed by atoms with Gasteiger partial charge in [-0.3, -0.25) is 9.36 Å². The Labute approximate surface area is 215 Å². The van der Waals surface area contributed by atoms with Crippen molar-refractivity contribution < 1.29 is 9.90 Å². The number of aryl methyl sites for hydroxylation is 1. The van der Waals surface area contributed by atoms with E-state index >= 15 is 0 Å². The molecule has 37 heavy (non-hydrogen) atoms. The van der Waals surface area contributed by atoms with Crippen molar-refractivity contribution in [3.8, 4) is 0 Å². The Morgan fingerprint density at radius 1 is 1.05 bits per heavy atom. The molecule has 0 saturated heterocycles. The smallest absolute Gasteiger partial charge is 0.337 e. The van der Waals surface area contributed by atoms with Gasteiger partial charge in [-0.2, -0.15) is 0 Å². The molecule has 1 fully saturated rings. The quantitative estimate of drug-likeness (QED) is 0.363. The molecular weight excluding hydrogens is 464 g/mol. The highest BCUT2D eigenvalue weighted by molar-refractivity contribution is 5.94. The number of nitrogens with one attached hydrogen (secondary N) is 1. The van der Waals surface area contributed by atoms with Crippen LogP contribution >= 0.6 is 0 Å². The Morgan fingerprint density at radius 3 is 2.35 bits per heavy atom. The number of anilines is 2. The first-order chi connectivity index (χ1) is 17.7. The molecular formula is C30H30N4O3. The fourth-order valence-electron chi connectivity index (χ4n) is 5.47. The highest BCUT2D eigenvalue weighted by Gasteiger charge is 2.43. The number of aromatic carboxylic acids is 1. The third-order valence-corrected chi connectivity index (χ3v) is 7.76. The van der Waals surface area contributed by atoms with Crippen LogP contribution in [0.1, 0.15) is 65.3 Å². The van der Waals surface area contributed by atoms with E-state index in [9.17, 15) is 14.7 Å². The summed E-state index contributed by atoms with van der Waals surface area (Å²) in [4.78, 5) is 33.3. The number of hydrogen-bond donors (Lipinski definition) is 2. The van der Waals surface area contributed by atoms with Crippen molar-refractivity contribution in [2.24, 2.45) is 0 Å². The van der Waals surface area contributed by atoms with Crippen molar-refractivity contribution in [3.63, 3.8) is 0 Å². The third-order valence-electron chi connectivity index (χ3n) is 7.76. The van der Waals surface area contributed by atoms with E-state index < -0.39 is 5.97 Å². The van der Waals surface area contributed by atoms with Crippen LogP contribution in [0.4, 0.5) is 11.6 Å². The average molecular weight is 495 g/mol. The monoisotopic (exact) mass is 494 g/mol. The first-order valence-corrected chi connectivity index (χ1v) is 12.7. The molecule has 1 saturated carbocycles. The minimum absolute atomic E-state index is 0.0148. The summed E-state index contributed by atoms with van der Waals surface area (Å²) in [6.07, 6.45) is 1.91. The van der Waals surface area contributed by atoms with Crippen molar-refractivity contribution in [2.45, 2.75) is 58.3 Å². The molecule has 7 heteroatoms. The number of nitrogens with zero attached hydrogens (tertiary/aromatic N) is 3. The van der Waals surface area contributed by atoms with Gasteiger partial charge in [0.15, 0.2) is 0 Å². The Hall–Kier alpha value is -4.13. The van der Waals surface area contributed by atoms with E-state index in [1.807, 2.05) is 36.6 Å². The van der Waals surface area contributed by atoms with E-state index in [1.165, 1.54) is 11.1 Å². The second-order valence-corrected chi connectivity index (χ2v) is 10.6. The molecule has 188 valence electrons. The van der Waals surface area contributed by atoms with E-state index in [2.05, 4.69) is 41.4 Å². The van der Waals surface area contributed by atoms with E-state index in [1.54, 1.807) is 18.2 Å². The van der Waals surface area contributed by atoms with Crippen LogP contribution in [0.15, 0.2) is 65.5 Å². The van der Waals surface area contributed by atoms with Gasteiger partial charge >= 0.3 is 5.97 Å². The SMILES string of the molecule is Cc1cc([C@@H](C)Nc2ccccc2C(=O)O)c2nc(N3Cc4ccccc4C3)n(C3(C)CC3)c(=O)c2c1. The molecule has 1 atom stereocenters. The summed E-state index contributed by atoms with van der Waals surface area (Å²) < 4.78 is 1.92. The Bertz CT molecular complexity index is 1590. The number of carbonyl (C=O) groups is 1. The largest absolute Gasteiger partial charge is 0.478 e. The fourth-order valence-corrected chi connectivity index (χ4v) is 5.47. The van der Waals surface area contributed by atoms with Gasteiger partial charge in [-0.25, -0.2) is 9.78 Å². The van der Waals surface area contributed by atoms with Gasteiger partial charge in [-0.15, -0.1) is 0 Å². The molecule has 0 unspecified atom stereocenters. The summed E-state index contributed by atoms with van der Waals surface area (Å²) in [6.45, 7) is 7.52. The molecule has 2 aliphatic rings. The minimum atomic E-state index is -0.987. The summed E-state index contributed by atoms with van der Waals surface area (Å²) in [7, 11) is 0. The van der Waals surface area contributed by atoms with Crippen molar-refractivity contribution in [1.82, 2.24) is 9.55 Å². The molecule has 7 nitrogen and oxygen atoms in total. The first kappa shape index (κ1) is 23.3. The van der Waals surface area contributed by atoms with Gasteiger partial charge in [-0.1, -0.05) is 42.5 Å². The van der Waals surface area contributed by atoms with Gasteiger partial charge in [0.1, 0.15) is 0 Å². The highest BCUT2D eigenvalue weighted by atomic mass is 16.4. The number of fused-ring (bicyclic) bond motifs is 2. The van der Waals surface area contributed by atoms with Crippen LogP contribution in [-0.2, 0) is 18.6 Å². The summed E-state index contributed by atoms with van der Waals surface area (Å²) in [6, 6.07) is 18.9. The van der Waals surface area contributed by atoms with Crippen LogP contribution in [0.2, 0.25) is 0 Å². The zero-order chi connectivity index (χ0) is 25.9. The van der Waals surface area contributed by atoms with Gasteiger partial charge in [-0.05, 0) is 68.5 Å². The van der Waals surface area contributed by atoms with Gasteiger partial charge in [0.25, 0.3) is 5.56 Å². The maximum atomic E-state index is 14.1. The van der Waals surface area contributed by atoms with Gasteiger partial charge in [0.05, 0.1) is 22.5 Å². The van der Waals surface area contributed by atoms with Crippen LogP contribution in [0.25, 0.3) is 10.9 Å². The van der Waals surface area contributed by atoms with Crippen LogP contribution in [-0.4, -0.2) is 20.6 Å². The molecule has 1 aliphatic heterocycles. The molecule has 4 aromatic rings. The van der Waals surface area contributed by atoms with Gasteiger partial charge in [0.2, 0.25) is 5.95 Å². The second kappa shape index (κ2) is 8.47. The molecule has 2 heterocycles. The van der Waals surface area contributed by atoms with Crippen LogP contribution in [0, 0.1) is 6.92 Å². The number of para-hydroxylation sites is 1. The van der Waals surface area contributed by atoms with Gasteiger partial charge < -0.3 is 15.3 Å². The lowest BCUT2D eigenvalue weighted by Crippen LogP contribution is -2.35. The predicted molar refractivity (Wildman–Crippen MR) is 145 cm³/mol. The molecule has 1 aromatic heterocycles. The summed E-state index contributed by atoms with van der Waals surface area (Å²) in [5.74, 6) is -0.282. The maximum absolute atomic E-state index is 14.1. The number of aromatic nitrogens is 2. The Balaban J connectivity index is 1.51. The molecule has 1 aliphatic carbocycles. The normalized spacial score (nSPS) is 16.5. The summed E-state index contributed by atoms with van der Waals surface area (Å²) in [5, 5.41) is 13.6. The Morgan fingerprint density at radius 2 is 1.70 bits per heavy atom. The zero-order valence-corrected chi connectivity index (χ0v) is 21.3. The third kappa shape index (κ3) is 3.95. The summed E-state index contributed by atoms with van der Waals surface area (Å²) in [5.41, 5.74) is 5.52. The molecule has 0 radical (unpaired) electrons. The van der Waals surface area contributed by atoms with E-state index in [-0.39, 0.29) is 22.7 Å². The van der Waals surface area contributed by atoms with E-state index in [4.69, 9.17) is 4.98 Å². The first-order valence-electron chi connectivity index (χ1n) is 12.7. The Kier molecular flexibility index (Phi) is 5.33. The van der Waals surface area contributed by atoms with Crippen molar-refractivity contribution in [1.29, 1.82) is 0 Å². The number of carboxylic acid groups (broad SMARTS) is 1. The lowest BCUT2D eigenvalue weighted by Gasteiger charge is -2.27. The topological polar surface area (TPSA) is 87.5 Å². The lowest BCUT2D eigenvalue weighted by atomic mass is 10.0. The number of rotatable bonds is 6. The van der Waals surface area contributed by atoms with E-state index in [0.29, 0.717) is 35.6 Å². The minimum Gasteiger partial charge on any atom is -0.478 e. The maximum Gasteiger partial charge on any atom is 0.337 e. The summed E-state index contributed by atoms with van der Waals surface area (Å²) >= 11 is 0. The standard InChI is InChI=1S/C30H30N4O3/c1-18-14-23(19(2)31-25-11-7-6-10-22(25)28(36)37)26-24(15-18)27(35)34(30(3)12-13-30)29(32-26)33-16-20-8-4-5-9-21(20)17-33/h4-11,14-15,19,31H,12-13,16-17H2,1-3H3,(H,36,37)/t19-/m1/s1. The molecule has 0 bridgehead atoms. The number of carboxylic acids is 1. The highest BCUT2D eigenvalue weighted by Crippen LogP contribution is 2.45. The predicted octanol–water partition coefficient (Wildman–Crippen LogP) is 5.61. The van der Waals surface area contributed by atoms with Crippen molar-refractivity contribution >= 4 is 28.5 Å². The van der Waals surface area contributed by atoms with Crippen molar-refractivity contribution in [3.05, 3.63) is 98.8 Å². The number of benzene rings is 3. The van der Waals surface area contributed by atoms with Crippen LogP contribution < -0.4 is 15.8 Å². The van der Waals surface area contributed by atoms with Crippen LogP contribution in [0.5, 0.6) is 0 Å².